The quantitative estimate of drug-likeness (QED) is 0.865. The van der Waals surface area contributed by atoms with Gasteiger partial charge < -0.3 is 14.7 Å². The van der Waals surface area contributed by atoms with Crippen molar-refractivity contribution in [2.75, 3.05) is 19.8 Å². The van der Waals surface area contributed by atoms with Crippen LogP contribution in [0.2, 0.25) is 0 Å². The maximum atomic E-state index is 12.0. The molecule has 0 spiro atoms. The standard InChI is InChI=1S/C14H22F3NO3/c15-14(16,17)9-21-8-13(20)18-7-3-5-11(18)10-4-1-2-6-12(10)19/h10-12,19H,1-9H2/t10-,11+,12+/m0/s1. The average Bonchev–Trinajstić information content (AvgIpc) is 2.86. The maximum absolute atomic E-state index is 12.0. The third-order valence-corrected chi connectivity index (χ3v) is 4.39. The minimum absolute atomic E-state index is 0.0489. The van der Waals surface area contributed by atoms with Gasteiger partial charge >= 0.3 is 6.18 Å². The summed E-state index contributed by atoms with van der Waals surface area (Å²) >= 11 is 0. The van der Waals surface area contributed by atoms with Crippen molar-refractivity contribution in [1.29, 1.82) is 0 Å². The van der Waals surface area contributed by atoms with Gasteiger partial charge in [-0.25, -0.2) is 0 Å². The van der Waals surface area contributed by atoms with Crippen LogP contribution in [0.3, 0.4) is 0 Å². The van der Waals surface area contributed by atoms with E-state index in [2.05, 4.69) is 4.74 Å². The molecule has 2 rings (SSSR count). The molecule has 0 bridgehead atoms. The Kier molecular flexibility index (Phi) is 5.48. The van der Waals surface area contributed by atoms with Gasteiger partial charge in [0.05, 0.1) is 6.10 Å². The van der Waals surface area contributed by atoms with Gasteiger partial charge in [-0.3, -0.25) is 4.79 Å². The molecule has 1 amide bonds. The highest BCUT2D eigenvalue weighted by Gasteiger charge is 2.39. The Balaban J connectivity index is 1.87. The molecule has 122 valence electrons. The van der Waals surface area contributed by atoms with Gasteiger partial charge in [0.15, 0.2) is 0 Å². The SMILES string of the molecule is O=C(COCC(F)(F)F)N1CCC[C@@H]1[C@@H]1CCCC[C@H]1O. The fourth-order valence-corrected chi connectivity index (χ4v) is 3.47. The summed E-state index contributed by atoms with van der Waals surface area (Å²) in [4.78, 5) is 13.6. The molecule has 1 saturated carbocycles. The van der Waals surface area contributed by atoms with Gasteiger partial charge in [0.2, 0.25) is 5.91 Å². The molecule has 0 unspecified atom stereocenters. The number of hydrogen-bond acceptors (Lipinski definition) is 3. The number of aliphatic hydroxyl groups is 1. The molecule has 3 atom stereocenters. The van der Waals surface area contributed by atoms with Crippen LogP contribution >= 0.6 is 0 Å². The summed E-state index contributed by atoms with van der Waals surface area (Å²) in [7, 11) is 0. The average molecular weight is 309 g/mol. The Morgan fingerprint density at radius 2 is 1.90 bits per heavy atom. The van der Waals surface area contributed by atoms with Crippen LogP contribution in [0.4, 0.5) is 13.2 Å². The van der Waals surface area contributed by atoms with E-state index in [4.69, 9.17) is 0 Å². The van der Waals surface area contributed by atoms with Gasteiger partial charge in [-0.2, -0.15) is 13.2 Å². The van der Waals surface area contributed by atoms with Crippen LogP contribution in [-0.4, -0.2) is 54.0 Å². The molecule has 2 aliphatic rings. The fraction of sp³-hybridized carbons (Fsp3) is 0.929. The summed E-state index contributed by atoms with van der Waals surface area (Å²) in [5, 5.41) is 10.1. The van der Waals surface area contributed by atoms with E-state index in [1.165, 1.54) is 0 Å². The van der Waals surface area contributed by atoms with Gasteiger partial charge in [0.1, 0.15) is 13.2 Å². The van der Waals surface area contributed by atoms with E-state index in [9.17, 15) is 23.1 Å². The third kappa shape index (κ3) is 4.57. The van der Waals surface area contributed by atoms with E-state index in [-0.39, 0.29) is 12.0 Å². The van der Waals surface area contributed by atoms with Gasteiger partial charge in [0.25, 0.3) is 0 Å². The van der Waals surface area contributed by atoms with Crippen molar-refractivity contribution in [3.63, 3.8) is 0 Å². The van der Waals surface area contributed by atoms with Crippen molar-refractivity contribution in [2.45, 2.75) is 56.8 Å². The molecular weight excluding hydrogens is 287 g/mol. The molecule has 1 aliphatic heterocycles. The molecule has 1 heterocycles. The number of ether oxygens (including phenoxy) is 1. The third-order valence-electron chi connectivity index (χ3n) is 4.39. The van der Waals surface area contributed by atoms with E-state index >= 15 is 0 Å². The molecule has 21 heavy (non-hydrogen) atoms. The van der Waals surface area contributed by atoms with Gasteiger partial charge in [-0.15, -0.1) is 0 Å². The normalized spacial score (nSPS) is 30.7. The molecule has 0 radical (unpaired) electrons. The van der Waals surface area contributed by atoms with Crippen LogP contribution in [0, 0.1) is 5.92 Å². The lowest BCUT2D eigenvalue weighted by atomic mass is 9.80. The second kappa shape index (κ2) is 6.96. The summed E-state index contributed by atoms with van der Waals surface area (Å²) in [6.45, 7) is -1.40. The largest absolute Gasteiger partial charge is 0.411 e. The second-order valence-corrected chi connectivity index (χ2v) is 5.92. The smallest absolute Gasteiger partial charge is 0.393 e. The van der Waals surface area contributed by atoms with Crippen LogP contribution in [0.1, 0.15) is 38.5 Å². The first kappa shape index (κ1) is 16.5. The fourth-order valence-electron chi connectivity index (χ4n) is 3.47. The number of alkyl halides is 3. The zero-order chi connectivity index (χ0) is 15.5. The van der Waals surface area contributed by atoms with Crippen molar-refractivity contribution >= 4 is 5.91 Å². The highest BCUT2D eigenvalue weighted by atomic mass is 19.4. The van der Waals surface area contributed by atoms with Crippen LogP contribution in [0.25, 0.3) is 0 Å². The molecule has 1 N–H and O–H groups in total. The van der Waals surface area contributed by atoms with E-state index in [0.29, 0.717) is 6.54 Å². The van der Waals surface area contributed by atoms with Crippen LogP contribution < -0.4 is 0 Å². The predicted octanol–water partition coefficient (Wildman–Crippen LogP) is 2.11. The summed E-state index contributed by atoms with van der Waals surface area (Å²) in [5.41, 5.74) is 0. The second-order valence-electron chi connectivity index (χ2n) is 5.92. The number of nitrogens with zero attached hydrogens (tertiary/aromatic N) is 1. The number of likely N-dealkylation sites (tertiary alicyclic amines) is 1. The van der Waals surface area contributed by atoms with Crippen LogP contribution in [0.15, 0.2) is 0 Å². The van der Waals surface area contributed by atoms with Gasteiger partial charge in [-0.05, 0) is 25.7 Å². The van der Waals surface area contributed by atoms with E-state index in [1.54, 1.807) is 4.90 Å². The van der Waals surface area contributed by atoms with Crippen molar-refractivity contribution < 1.29 is 27.8 Å². The minimum atomic E-state index is -4.41. The zero-order valence-electron chi connectivity index (χ0n) is 11.9. The Hall–Kier alpha value is -0.820. The molecule has 4 nitrogen and oxygen atoms in total. The molecule has 2 fully saturated rings. The number of carbonyl (C=O) groups is 1. The Morgan fingerprint density at radius 3 is 2.57 bits per heavy atom. The Morgan fingerprint density at radius 1 is 1.19 bits per heavy atom. The lowest BCUT2D eigenvalue weighted by Gasteiger charge is -2.37. The lowest BCUT2D eigenvalue weighted by molar-refractivity contribution is -0.178. The predicted molar refractivity (Wildman–Crippen MR) is 69.6 cm³/mol. The molecule has 0 aromatic rings. The van der Waals surface area contributed by atoms with Crippen LogP contribution in [0.5, 0.6) is 0 Å². The van der Waals surface area contributed by atoms with Crippen LogP contribution in [-0.2, 0) is 9.53 Å². The van der Waals surface area contributed by atoms with Crippen molar-refractivity contribution in [1.82, 2.24) is 4.90 Å². The van der Waals surface area contributed by atoms with Crippen molar-refractivity contribution in [2.24, 2.45) is 5.92 Å². The summed E-state index contributed by atoms with van der Waals surface area (Å²) in [6, 6.07) is -0.0534. The minimum Gasteiger partial charge on any atom is -0.393 e. The molecule has 1 saturated heterocycles. The Bertz CT molecular complexity index is 362. The molecule has 0 aromatic carbocycles. The Labute approximate surface area is 122 Å². The highest BCUT2D eigenvalue weighted by Crippen LogP contribution is 2.34. The zero-order valence-corrected chi connectivity index (χ0v) is 11.9. The number of aliphatic hydroxyl groups excluding tert-OH is 1. The number of rotatable bonds is 4. The van der Waals surface area contributed by atoms with E-state index in [0.717, 1.165) is 38.5 Å². The lowest BCUT2D eigenvalue weighted by Crippen LogP contribution is -2.46. The first-order valence-corrected chi connectivity index (χ1v) is 7.50. The number of halogens is 3. The molecule has 1 aliphatic carbocycles. The molecule has 7 heteroatoms. The number of hydrogen-bond donors (Lipinski definition) is 1. The highest BCUT2D eigenvalue weighted by molar-refractivity contribution is 5.78. The number of carbonyl (C=O) groups excluding carboxylic acids is 1. The van der Waals surface area contributed by atoms with Crippen molar-refractivity contribution in [3.05, 3.63) is 0 Å². The van der Waals surface area contributed by atoms with E-state index < -0.39 is 31.4 Å². The summed E-state index contributed by atoms with van der Waals surface area (Å²) in [5.74, 6) is -0.354. The first-order chi connectivity index (χ1) is 9.88. The monoisotopic (exact) mass is 309 g/mol. The topological polar surface area (TPSA) is 49.8 Å². The summed E-state index contributed by atoms with van der Waals surface area (Å²) < 4.78 is 40.5. The molecule has 0 aromatic heterocycles. The number of amides is 1. The first-order valence-electron chi connectivity index (χ1n) is 7.50. The van der Waals surface area contributed by atoms with Gasteiger partial charge in [0, 0.05) is 18.5 Å². The van der Waals surface area contributed by atoms with Gasteiger partial charge in [-0.1, -0.05) is 12.8 Å². The van der Waals surface area contributed by atoms with Crippen molar-refractivity contribution in [3.8, 4) is 0 Å². The maximum Gasteiger partial charge on any atom is 0.411 e. The molecular formula is C14H22F3NO3. The van der Waals surface area contributed by atoms with E-state index in [1.807, 2.05) is 0 Å². The summed E-state index contributed by atoms with van der Waals surface area (Å²) in [6.07, 6.45) is 0.467.